The zero-order chi connectivity index (χ0) is 20.5. The lowest BCUT2D eigenvalue weighted by Crippen LogP contribution is -2.20. The lowest BCUT2D eigenvalue weighted by Gasteiger charge is -2.05. The van der Waals surface area contributed by atoms with Crippen LogP contribution in [0.4, 0.5) is 11.4 Å². The van der Waals surface area contributed by atoms with Gasteiger partial charge in [0.05, 0.1) is 17.6 Å². The smallest absolute Gasteiger partial charge is 0.337 e. The van der Waals surface area contributed by atoms with Gasteiger partial charge in [-0.1, -0.05) is 12.1 Å². The van der Waals surface area contributed by atoms with Crippen LogP contribution in [0.25, 0.3) is 6.08 Å². The number of nitrogens with one attached hydrogen (secondary N) is 1. The van der Waals surface area contributed by atoms with Gasteiger partial charge in [-0.05, 0) is 35.9 Å². The van der Waals surface area contributed by atoms with Crippen molar-refractivity contribution >= 4 is 35.3 Å². The van der Waals surface area contributed by atoms with Gasteiger partial charge in [0.2, 0.25) is 0 Å². The van der Waals surface area contributed by atoms with Crippen LogP contribution < -0.4 is 5.32 Å². The van der Waals surface area contributed by atoms with Crippen molar-refractivity contribution in [2.24, 2.45) is 0 Å². The molecule has 0 unspecified atom stereocenters. The molecule has 2 aromatic rings. The van der Waals surface area contributed by atoms with E-state index in [2.05, 4.69) is 10.1 Å². The molecule has 0 fully saturated rings. The summed E-state index contributed by atoms with van der Waals surface area (Å²) in [4.78, 5) is 44.8. The van der Waals surface area contributed by atoms with Gasteiger partial charge in [0.15, 0.2) is 6.61 Å². The Morgan fingerprint density at radius 3 is 2.29 bits per heavy atom. The Balaban J connectivity index is 1.81. The third kappa shape index (κ3) is 6.06. The van der Waals surface area contributed by atoms with Crippen LogP contribution in [-0.4, -0.2) is 36.5 Å². The molecule has 1 amide bonds. The highest BCUT2D eigenvalue weighted by Crippen LogP contribution is 2.15. The molecule has 0 radical (unpaired) electrons. The average Bonchev–Trinajstić information content (AvgIpc) is 2.71. The third-order valence-corrected chi connectivity index (χ3v) is 3.45. The maximum atomic E-state index is 11.7. The van der Waals surface area contributed by atoms with Crippen molar-refractivity contribution < 1.29 is 28.8 Å². The van der Waals surface area contributed by atoms with Crippen molar-refractivity contribution in [3.05, 3.63) is 75.8 Å². The summed E-state index contributed by atoms with van der Waals surface area (Å²) in [5.41, 5.74) is 1.27. The predicted molar refractivity (Wildman–Crippen MR) is 99.5 cm³/mol. The monoisotopic (exact) mass is 384 g/mol. The largest absolute Gasteiger partial charge is 0.465 e. The predicted octanol–water partition coefficient (Wildman–Crippen LogP) is 2.58. The molecule has 0 spiro atoms. The molecule has 0 aromatic heterocycles. The summed E-state index contributed by atoms with van der Waals surface area (Å²) < 4.78 is 9.41. The number of ether oxygens (including phenoxy) is 2. The summed E-state index contributed by atoms with van der Waals surface area (Å²) in [5.74, 6) is -1.78. The maximum absolute atomic E-state index is 11.7. The van der Waals surface area contributed by atoms with Crippen LogP contribution in [0.1, 0.15) is 15.9 Å². The van der Waals surface area contributed by atoms with E-state index in [-0.39, 0.29) is 5.69 Å². The van der Waals surface area contributed by atoms with Crippen LogP contribution >= 0.6 is 0 Å². The van der Waals surface area contributed by atoms with Crippen molar-refractivity contribution in [1.29, 1.82) is 0 Å². The highest BCUT2D eigenvalue weighted by atomic mass is 16.6. The molecule has 144 valence electrons. The lowest BCUT2D eigenvalue weighted by atomic mass is 10.1. The fourth-order valence-corrected chi connectivity index (χ4v) is 2.06. The SMILES string of the molecule is COC(=O)c1ccc(/C=C/C(=O)OCC(=O)Nc2ccc([N+](=O)[O-])cc2)cc1. The van der Waals surface area contributed by atoms with Gasteiger partial charge in [0.25, 0.3) is 11.6 Å². The van der Waals surface area contributed by atoms with Crippen molar-refractivity contribution in [3.63, 3.8) is 0 Å². The third-order valence-electron chi connectivity index (χ3n) is 3.45. The zero-order valence-electron chi connectivity index (χ0n) is 14.8. The first-order chi connectivity index (χ1) is 13.4. The number of anilines is 1. The number of esters is 2. The number of non-ortho nitro benzene ring substituents is 1. The van der Waals surface area contributed by atoms with Crippen molar-refractivity contribution in [1.82, 2.24) is 0 Å². The van der Waals surface area contributed by atoms with E-state index in [1.54, 1.807) is 24.3 Å². The first-order valence-corrected chi connectivity index (χ1v) is 7.96. The number of hydrogen-bond donors (Lipinski definition) is 1. The fourth-order valence-electron chi connectivity index (χ4n) is 2.06. The Hall–Kier alpha value is -4.01. The molecule has 0 aliphatic heterocycles. The summed E-state index contributed by atoms with van der Waals surface area (Å²) in [6.07, 6.45) is 2.62. The van der Waals surface area contributed by atoms with E-state index in [1.165, 1.54) is 37.5 Å². The molecule has 9 heteroatoms. The topological polar surface area (TPSA) is 125 Å². The highest BCUT2D eigenvalue weighted by molar-refractivity contribution is 5.95. The van der Waals surface area contributed by atoms with Crippen LogP contribution in [0.2, 0.25) is 0 Å². The van der Waals surface area contributed by atoms with Gasteiger partial charge in [0, 0.05) is 23.9 Å². The Morgan fingerprint density at radius 2 is 1.71 bits per heavy atom. The maximum Gasteiger partial charge on any atom is 0.337 e. The summed E-state index contributed by atoms with van der Waals surface area (Å²) in [7, 11) is 1.28. The molecule has 0 aliphatic rings. The van der Waals surface area contributed by atoms with Gasteiger partial charge < -0.3 is 14.8 Å². The number of carbonyl (C=O) groups excluding carboxylic acids is 3. The number of nitro benzene ring substituents is 1. The fraction of sp³-hybridized carbons (Fsp3) is 0.105. The lowest BCUT2D eigenvalue weighted by molar-refractivity contribution is -0.384. The molecular weight excluding hydrogens is 368 g/mol. The molecule has 0 bridgehead atoms. The second-order valence-electron chi connectivity index (χ2n) is 5.41. The normalized spacial score (nSPS) is 10.3. The highest BCUT2D eigenvalue weighted by Gasteiger charge is 2.08. The molecule has 0 atom stereocenters. The quantitative estimate of drug-likeness (QED) is 0.337. The Kier molecular flexibility index (Phi) is 6.98. The average molecular weight is 384 g/mol. The summed E-state index contributed by atoms with van der Waals surface area (Å²) >= 11 is 0. The number of carbonyl (C=O) groups is 3. The standard InChI is InChI=1S/C19H16N2O7/c1-27-19(24)14-5-2-13(3-6-14)4-11-18(23)28-12-17(22)20-15-7-9-16(10-8-15)21(25)26/h2-11H,12H2,1H3,(H,20,22)/b11-4+. The summed E-state index contributed by atoms with van der Waals surface area (Å²) in [5, 5.41) is 13.0. The molecule has 0 saturated carbocycles. The number of nitrogens with zero attached hydrogens (tertiary/aromatic N) is 1. The molecule has 2 rings (SSSR count). The van der Waals surface area contributed by atoms with Gasteiger partial charge in [0.1, 0.15) is 0 Å². The van der Waals surface area contributed by atoms with Gasteiger partial charge in [-0.15, -0.1) is 0 Å². The molecular formula is C19H16N2O7. The minimum Gasteiger partial charge on any atom is -0.465 e. The number of methoxy groups -OCH3 is 1. The van der Waals surface area contributed by atoms with Gasteiger partial charge in [-0.25, -0.2) is 9.59 Å². The van der Waals surface area contributed by atoms with Gasteiger partial charge in [-0.3, -0.25) is 14.9 Å². The van der Waals surface area contributed by atoms with Gasteiger partial charge in [-0.2, -0.15) is 0 Å². The van der Waals surface area contributed by atoms with E-state index in [4.69, 9.17) is 4.74 Å². The van der Waals surface area contributed by atoms with Crippen LogP contribution in [0.3, 0.4) is 0 Å². The molecule has 0 saturated heterocycles. The number of rotatable bonds is 7. The van der Waals surface area contributed by atoms with E-state index in [1.807, 2.05) is 0 Å². The second kappa shape index (κ2) is 9.62. The van der Waals surface area contributed by atoms with E-state index < -0.39 is 29.4 Å². The molecule has 1 N–H and O–H groups in total. The molecule has 28 heavy (non-hydrogen) atoms. The molecule has 9 nitrogen and oxygen atoms in total. The van der Waals surface area contributed by atoms with Crippen molar-refractivity contribution in [2.75, 3.05) is 19.0 Å². The summed E-state index contributed by atoms with van der Waals surface area (Å²) in [6.45, 7) is -0.512. The zero-order valence-corrected chi connectivity index (χ0v) is 14.8. The van der Waals surface area contributed by atoms with Crippen LogP contribution in [0.15, 0.2) is 54.6 Å². The first kappa shape index (κ1) is 20.3. The van der Waals surface area contributed by atoms with Gasteiger partial charge >= 0.3 is 11.9 Å². The number of nitro groups is 1. The summed E-state index contributed by atoms with van der Waals surface area (Å²) in [6, 6.07) is 11.6. The van der Waals surface area contributed by atoms with E-state index in [0.29, 0.717) is 16.8 Å². The first-order valence-electron chi connectivity index (χ1n) is 7.96. The number of benzene rings is 2. The minimum atomic E-state index is -0.726. The Labute approximate surface area is 159 Å². The number of amides is 1. The Bertz CT molecular complexity index is 903. The van der Waals surface area contributed by atoms with Crippen molar-refractivity contribution in [3.8, 4) is 0 Å². The molecule has 0 heterocycles. The molecule has 0 aliphatic carbocycles. The second-order valence-corrected chi connectivity index (χ2v) is 5.41. The number of hydrogen-bond acceptors (Lipinski definition) is 7. The van der Waals surface area contributed by atoms with E-state index in [0.717, 1.165) is 6.08 Å². The van der Waals surface area contributed by atoms with Crippen LogP contribution in [-0.2, 0) is 19.1 Å². The van der Waals surface area contributed by atoms with E-state index >= 15 is 0 Å². The minimum absolute atomic E-state index is 0.103. The van der Waals surface area contributed by atoms with Crippen LogP contribution in [0.5, 0.6) is 0 Å². The van der Waals surface area contributed by atoms with Crippen LogP contribution in [0, 0.1) is 10.1 Å². The molecule has 2 aromatic carbocycles. The Morgan fingerprint density at radius 1 is 1.07 bits per heavy atom. The van der Waals surface area contributed by atoms with Crippen molar-refractivity contribution in [2.45, 2.75) is 0 Å². The van der Waals surface area contributed by atoms with E-state index in [9.17, 15) is 24.5 Å².